The van der Waals surface area contributed by atoms with Gasteiger partial charge in [0.2, 0.25) is 0 Å². The quantitative estimate of drug-likeness (QED) is 0.555. The Labute approximate surface area is 112 Å². The van der Waals surface area contributed by atoms with Gasteiger partial charge in [-0.1, -0.05) is 0 Å². The first kappa shape index (κ1) is 13.8. The van der Waals surface area contributed by atoms with Crippen LogP contribution in [0.15, 0.2) is 18.5 Å². The number of hydrogen-bond acceptors (Lipinski definition) is 5. The molecule has 1 fully saturated rings. The Morgan fingerprint density at radius 1 is 1.53 bits per heavy atom. The molecule has 1 aromatic rings. The third-order valence-electron chi connectivity index (χ3n) is 3.55. The van der Waals surface area contributed by atoms with Crippen molar-refractivity contribution >= 4 is 11.6 Å². The topological polar surface area (TPSA) is 89.3 Å². The lowest BCUT2D eigenvalue weighted by atomic mass is 9.93. The molecule has 2 heterocycles. The van der Waals surface area contributed by atoms with Gasteiger partial charge in [0, 0.05) is 31.6 Å². The minimum Gasteiger partial charge on any atom is -0.381 e. The van der Waals surface area contributed by atoms with Gasteiger partial charge in [-0.2, -0.15) is 0 Å². The molecule has 1 aliphatic heterocycles. The zero-order valence-corrected chi connectivity index (χ0v) is 11.1. The molecule has 1 amide bonds. The summed E-state index contributed by atoms with van der Waals surface area (Å²) < 4.78 is 5.33. The second-order valence-electron chi connectivity index (χ2n) is 4.78. The number of carbonyl (C=O) groups excluding carboxylic acids is 1. The highest BCUT2D eigenvalue weighted by molar-refractivity contribution is 5.99. The van der Waals surface area contributed by atoms with Crippen molar-refractivity contribution in [3.63, 3.8) is 0 Å². The minimum absolute atomic E-state index is 0.113. The molecule has 1 atom stereocenters. The van der Waals surface area contributed by atoms with Crippen LogP contribution < -0.4 is 16.6 Å². The molecule has 0 saturated carbocycles. The number of rotatable bonds is 4. The Balaban J connectivity index is 1.99. The van der Waals surface area contributed by atoms with Gasteiger partial charge in [-0.3, -0.25) is 15.6 Å². The van der Waals surface area contributed by atoms with Crippen molar-refractivity contribution in [2.75, 3.05) is 18.6 Å². The van der Waals surface area contributed by atoms with E-state index < -0.39 is 0 Å². The van der Waals surface area contributed by atoms with Gasteiger partial charge in [0.1, 0.15) is 0 Å². The maximum absolute atomic E-state index is 12.2. The maximum Gasteiger partial charge on any atom is 0.255 e. The van der Waals surface area contributed by atoms with Crippen molar-refractivity contribution in [1.29, 1.82) is 0 Å². The zero-order chi connectivity index (χ0) is 13.7. The highest BCUT2D eigenvalue weighted by atomic mass is 16.5. The number of nitrogens with one attached hydrogen (secondary N) is 2. The molecule has 1 saturated heterocycles. The van der Waals surface area contributed by atoms with Crippen molar-refractivity contribution < 1.29 is 9.53 Å². The highest BCUT2D eigenvalue weighted by Crippen LogP contribution is 2.19. The number of anilines is 1. The van der Waals surface area contributed by atoms with E-state index in [1.165, 1.54) is 6.20 Å². The molecular formula is C13H20N4O2. The molecule has 19 heavy (non-hydrogen) atoms. The monoisotopic (exact) mass is 264 g/mol. The van der Waals surface area contributed by atoms with Gasteiger partial charge in [-0.25, -0.2) is 0 Å². The predicted molar refractivity (Wildman–Crippen MR) is 72.5 cm³/mol. The number of carbonyl (C=O) groups is 1. The summed E-state index contributed by atoms with van der Waals surface area (Å²) in [5.41, 5.74) is 3.55. The van der Waals surface area contributed by atoms with Gasteiger partial charge in [0.15, 0.2) is 0 Å². The molecule has 1 aromatic heterocycles. The van der Waals surface area contributed by atoms with Crippen molar-refractivity contribution in [2.24, 2.45) is 11.8 Å². The standard InChI is InChI=1S/C13H20N4O2/c1-9(10-3-6-19-7-4-10)16-13(18)11-8-15-5-2-12(11)17-14/h2,5,8-10H,3-4,6-7,14H2,1H3,(H,15,17)(H,16,18). The zero-order valence-electron chi connectivity index (χ0n) is 11.1. The number of amides is 1. The van der Waals surface area contributed by atoms with Crippen LogP contribution in [0.4, 0.5) is 5.69 Å². The van der Waals surface area contributed by atoms with E-state index in [-0.39, 0.29) is 11.9 Å². The van der Waals surface area contributed by atoms with Crippen LogP contribution in [0.2, 0.25) is 0 Å². The third kappa shape index (κ3) is 3.42. The van der Waals surface area contributed by atoms with Gasteiger partial charge in [-0.05, 0) is 31.7 Å². The number of nitrogen functional groups attached to an aromatic ring is 1. The first-order valence-corrected chi connectivity index (χ1v) is 6.51. The molecule has 0 aromatic carbocycles. The Morgan fingerprint density at radius 2 is 2.26 bits per heavy atom. The number of nitrogens with zero attached hydrogens (tertiary/aromatic N) is 1. The van der Waals surface area contributed by atoms with Gasteiger partial charge in [0.25, 0.3) is 5.91 Å². The molecular weight excluding hydrogens is 244 g/mol. The summed E-state index contributed by atoms with van der Waals surface area (Å²) >= 11 is 0. The second-order valence-corrected chi connectivity index (χ2v) is 4.78. The van der Waals surface area contributed by atoms with Gasteiger partial charge in [-0.15, -0.1) is 0 Å². The fourth-order valence-corrected chi connectivity index (χ4v) is 2.32. The van der Waals surface area contributed by atoms with Crippen LogP contribution in [0.25, 0.3) is 0 Å². The minimum atomic E-state index is -0.153. The fraction of sp³-hybridized carbons (Fsp3) is 0.538. The first-order chi connectivity index (χ1) is 9.22. The first-order valence-electron chi connectivity index (χ1n) is 6.51. The summed E-state index contributed by atoms with van der Waals surface area (Å²) in [5.74, 6) is 5.70. The Morgan fingerprint density at radius 3 is 2.95 bits per heavy atom. The SMILES string of the molecule is CC(NC(=O)c1cnccc1NN)C1CCOCC1. The summed E-state index contributed by atoms with van der Waals surface area (Å²) in [7, 11) is 0. The Bertz CT molecular complexity index is 432. The van der Waals surface area contributed by atoms with Crippen LogP contribution in [0.1, 0.15) is 30.1 Å². The summed E-state index contributed by atoms with van der Waals surface area (Å²) in [6.45, 7) is 3.57. The van der Waals surface area contributed by atoms with E-state index in [1.807, 2.05) is 6.92 Å². The van der Waals surface area contributed by atoms with Crippen LogP contribution in [-0.4, -0.2) is 30.1 Å². The number of hydrazine groups is 1. The Hall–Kier alpha value is -1.66. The lowest BCUT2D eigenvalue weighted by molar-refractivity contribution is 0.0538. The van der Waals surface area contributed by atoms with Crippen LogP contribution in [-0.2, 0) is 4.74 Å². The summed E-state index contributed by atoms with van der Waals surface area (Å²) in [6, 6.07) is 1.79. The molecule has 0 aliphatic carbocycles. The van der Waals surface area contributed by atoms with E-state index in [0.717, 1.165) is 26.1 Å². The molecule has 6 heteroatoms. The second kappa shape index (κ2) is 6.49. The molecule has 4 N–H and O–H groups in total. The normalized spacial score (nSPS) is 17.8. The third-order valence-corrected chi connectivity index (χ3v) is 3.55. The molecule has 2 rings (SSSR count). The number of hydrogen-bond donors (Lipinski definition) is 3. The fourth-order valence-electron chi connectivity index (χ4n) is 2.32. The molecule has 0 radical (unpaired) electrons. The van der Waals surface area contributed by atoms with Gasteiger partial charge < -0.3 is 15.5 Å². The van der Waals surface area contributed by atoms with E-state index in [2.05, 4.69) is 15.7 Å². The van der Waals surface area contributed by atoms with Crippen molar-refractivity contribution in [2.45, 2.75) is 25.8 Å². The van der Waals surface area contributed by atoms with E-state index in [9.17, 15) is 4.79 Å². The number of ether oxygens (including phenoxy) is 1. The van der Waals surface area contributed by atoms with E-state index in [4.69, 9.17) is 10.6 Å². The lowest BCUT2D eigenvalue weighted by Gasteiger charge is -2.28. The van der Waals surface area contributed by atoms with Crippen molar-refractivity contribution in [1.82, 2.24) is 10.3 Å². The Kier molecular flexibility index (Phi) is 4.70. The summed E-state index contributed by atoms with van der Waals surface area (Å²) in [5, 5.41) is 3.01. The molecule has 1 aliphatic rings. The van der Waals surface area contributed by atoms with Crippen LogP contribution >= 0.6 is 0 Å². The predicted octanol–water partition coefficient (Wildman–Crippen LogP) is 0.912. The lowest BCUT2D eigenvalue weighted by Crippen LogP contribution is -2.40. The molecule has 1 unspecified atom stereocenters. The smallest absolute Gasteiger partial charge is 0.255 e. The molecule has 0 spiro atoms. The number of nitrogens with two attached hydrogens (primary N) is 1. The summed E-state index contributed by atoms with van der Waals surface area (Å²) in [6.07, 6.45) is 5.07. The number of aromatic nitrogens is 1. The number of pyridine rings is 1. The van der Waals surface area contributed by atoms with Crippen molar-refractivity contribution in [3.05, 3.63) is 24.0 Å². The molecule has 0 bridgehead atoms. The average molecular weight is 264 g/mol. The van der Waals surface area contributed by atoms with E-state index in [0.29, 0.717) is 17.2 Å². The van der Waals surface area contributed by atoms with E-state index in [1.54, 1.807) is 12.3 Å². The molecule has 6 nitrogen and oxygen atoms in total. The van der Waals surface area contributed by atoms with Crippen LogP contribution in [0, 0.1) is 5.92 Å². The van der Waals surface area contributed by atoms with E-state index >= 15 is 0 Å². The maximum atomic E-state index is 12.2. The largest absolute Gasteiger partial charge is 0.381 e. The molecule has 104 valence electrons. The van der Waals surface area contributed by atoms with Gasteiger partial charge >= 0.3 is 0 Å². The van der Waals surface area contributed by atoms with Gasteiger partial charge in [0.05, 0.1) is 11.3 Å². The summed E-state index contributed by atoms with van der Waals surface area (Å²) in [4.78, 5) is 16.2. The van der Waals surface area contributed by atoms with Crippen LogP contribution in [0.3, 0.4) is 0 Å². The average Bonchev–Trinajstić information content (AvgIpc) is 2.48. The van der Waals surface area contributed by atoms with Crippen LogP contribution in [0.5, 0.6) is 0 Å². The van der Waals surface area contributed by atoms with Crippen molar-refractivity contribution in [3.8, 4) is 0 Å². The highest BCUT2D eigenvalue weighted by Gasteiger charge is 2.23.